The van der Waals surface area contributed by atoms with E-state index in [1.807, 2.05) is 0 Å². The second kappa shape index (κ2) is 6.95. The van der Waals surface area contributed by atoms with E-state index in [4.69, 9.17) is 16.3 Å². The summed E-state index contributed by atoms with van der Waals surface area (Å²) in [6.07, 6.45) is -0.468. The summed E-state index contributed by atoms with van der Waals surface area (Å²) >= 11 is 6.15. The van der Waals surface area contributed by atoms with Gasteiger partial charge in [0.1, 0.15) is 5.75 Å². The highest BCUT2D eigenvalue weighted by atomic mass is 35.5. The lowest BCUT2D eigenvalue weighted by Crippen LogP contribution is -2.29. The van der Waals surface area contributed by atoms with E-state index in [9.17, 15) is 20.0 Å². The van der Waals surface area contributed by atoms with E-state index < -0.39 is 13.2 Å². The van der Waals surface area contributed by atoms with E-state index in [0.29, 0.717) is 21.6 Å². The zero-order chi connectivity index (χ0) is 17.3. The van der Waals surface area contributed by atoms with Crippen LogP contribution < -0.4 is 5.46 Å². The quantitative estimate of drug-likeness (QED) is 0.569. The Hall–Kier alpha value is -1.86. The summed E-state index contributed by atoms with van der Waals surface area (Å²) in [5, 5.41) is 29.4. The van der Waals surface area contributed by atoms with E-state index in [1.54, 1.807) is 24.3 Å². The van der Waals surface area contributed by atoms with E-state index in [0.717, 1.165) is 5.56 Å². The first-order valence-electron chi connectivity index (χ1n) is 7.58. The molecule has 0 aromatic heterocycles. The molecule has 3 rings (SSSR count). The smallest absolute Gasteiger partial charge is 0.491 e. The highest BCUT2D eigenvalue weighted by molar-refractivity contribution is 6.61. The third-order valence-electron chi connectivity index (χ3n) is 4.11. The van der Waals surface area contributed by atoms with Crippen molar-refractivity contribution in [2.24, 2.45) is 0 Å². The SMILES string of the molecule is O=C(CCC(O)c1ccc(O)cc1)c1cc2c(cc1Cl)COB2O. The molecule has 0 amide bonds. The molecule has 1 aliphatic rings. The number of carbonyl (C=O) groups excluding carboxylic acids is 1. The fraction of sp³-hybridized carbons (Fsp3) is 0.235. The van der Waals surface area contributed by atoms with Crippen LogP contribution in [0.15, 0.2) is 36.4 Å². The van der Waals surface area contributed by atoms with E-state index >= 15 is 0 Å². The van der Waals surface area contributed by atoms with Crippen LogP contribution in [0, 0.1) is 0 Å². The number of halogens is 1. The second-order valence-electron chi connectivity index (χ2n) is 5.76. The molecule has 2 aromatic rings. The fourth-order valence-corrected chi connectivity index (χ4v) is 3.02. The van der Waals surface area contributed by atoms with Crippen LogP contribution in [-0.4, -0.2) is 28.1 Å². The monoisotopic (exact) mass is 346 g/mol. The van der Waals surface area contributed by atoms with E-state index in [2.05, 4.69) is 0 Å². The van der Waals surface area contributed by atoms with Crippen LogP contribution >= 0.6 is 11.6 Å². The van der Waals surface area contributed by atoms with Crippen LogP contribution in [0.25, 0.3) is 0 Å². The Morgan fingerprint density at radius 3 is 2.71 bits per heavy atom. The first kappa shape index (κ1) is 17.0. The lowest BCUT2D eigenvalue weighted by molar-refractivity contribution is 0.0940. The zero-order valence-corrected chi connectivity index (χ0v) is 13.5. The molecule has 0 saturated carbocycles. The van der Waals surface area contributed by atoms with E-state index in [1.165, 1.54) is 12.1 Å². The van der Waals surface area contributed by atoms with Gasteiger partial charge in [0.15, 0.2) is 5.78 Å². The summed E-state index contributed by atoms with van der Waals surface area (Å²) in [5.74, 6) is -0.0903. The molecule has 0 bridgehead atoms. The molecule has 3 N–H and O–H groups in total. The largest absolute Gasteiger partial charge is 0.508 e. The van der Waals surface area contributed by atoms with Gasteiger partial charge in [0.2, 0.25) is 0 Å². The minimum atomic E-state index is -1.04. The van der Waals surface area contributed by atoms with Crippen molar-refractivity contribution in [3.63, 3.8) is 0 Å². The number of rotatable bonds is 5. The molecule has 124 valence electrons. The molecular formula is C17H16BClO5. The Labute approximate surface area is 144 Å². The van der Waals surface area contributed by atoms with Gasteiger partial charge in [0, 0.05) is 12.0 Å². The minimum absolute atomic E-state index is 0.109. The Morgan fingerprint density at radius 1 is 1.29 bits per heavy atom. The molecule has 2 aromatic carbocycles. The van der Waals surface area contributed by atoms with Gasteiger partial charge in [-0.2, -0.15) is 0 Å². The van der Waals surface area contributed by atoms with Crippen molar-refractivity contribution in [3.8, 4) is 5.75 Å². The molecule has 5 nitrogen and oxygen atoms in total. The van der Waals surface area contributed by atoms with Gasteiger partial charge in [-0.3, -0.25) is 4.79 Å². The van der Waals surface area contributed by atoms with Gasteiger partial charge < -0.3 is 19.9 Å². The number of carbonyl (C=O) groups is 1. The minimum Gasteiger partial charge on any atom is -0.508 e. The van der Waals surface area contributed by atoms with Gasteiger partial charge in [-0.25, -0.2) is 0 Å². The third kappa shape index (κ3) is 3.47. The van der Waals surface area contributed by atoms with Crippen molar-refractivity contribution >= 4 is 30.0 Å². The van der Waals surface area contributed by atoms with Crippen LogP contribution in [0.3, 0.4) is 0 Å². The predicted molar refractivity (Wildman–Crippen MR) is 90.5 cm³/mol. The van der Waals surface area contributed by atoms with Crippen molar-refractivity contribution in [2.45, 2.75) is 25.6 Å². The second-order valence-corrected chi connectivity index (χ2v) is 6.17. The molecule has 1 heterocycles. The highest BCUT2D eigenvalue weighted by Crippen LogP contribution is 2.25. The summed E-state index contributed by atoms with van der Waals surface area (Å²) in [5.41, 5.74) is 2.28. The van der Waals surface area contributed by atoms with Crippen LogP contribution in [-0.2, 0) is 11.3 Å². The van der Waals surface area contributed by atoms with Gasteiger partial charge in [-0.05, 0) is 47.3 Å². The maximum atomic E-state index is 12.4. The zero-order valence-electron chi connectivity index (χ0n) is 12.8. The van der Waals surface area contributed by atoms with Crippen molar-refractivity contribution in [2.75, 3.05) is 0 Å². The lowest BCUT2D eigenvalue weighted by atomic mass is 9.78. The summed E-state index contributed by atoms with van der Waals surface area (Å²) in [7, 11) is -1.04. The number of Topliss-reactive ketones (excluding diaryl/α,β-unsaturated/α-hetero) is 1. The summed E-state index contributed by atoms with van der Waals surface area (Å²) < 4.78 is 5.10. The first-order valence-corrected chi connectivity index (χ1v) is 7.95. The number of phenols is 1. The number of fused-ring (bicyclic) bond motifs is 1. The molecule has 1 atom stereocenters. The average Bonchev–Trinajstić information content (AvgIpc) is 2.92. The van der Waals surface area contributed by atoms with Crippen LogP contribution in [0.5, 0.6) is 5.75 Å². The highest BCUT2D eigenvalue weighted by Gasteiger charge is 2.29. The van der Waals surface area contributed by atoms with Crippen molar-refractivity contribution in [3.05, 3.63) is 58.1 Å². The molecule has 24 heavy (non-hydrogen) atoms. The normalized spacial score (nSPS) is 14.5. The third-order valence-corrected chi connectivity index (χ3v) is 4.43. The number of aliphatic hydroxyl groups excluding tert-OH is 1. The molecule has 0 aliphatic carbocycles. The molecule has 0 fully saturated rings. The number of hydrogen-bond donors (Lipinski definition) is 3. The average molecular weight is 347 g/mol. The number of aromatic hydroxyl groups is 1. The molecule has 0 spiro atoms. The number of aliphatic hydroxyl groups is 1. The Bertz CT molecular complexity index is 762. The van der Waals surface area contributed by atoms with Gasteiger partial charge in [0.25, 0.3) is 0 Å². The van der Waals surface area contributed by atoms with Gasteiger partial charge in [0.05, 0.1) is 17.7 Å². The Kier molecular flexibility index (Phi) is 4.92. The van der Waals surface area contributed by atoms with E-state index in [-0.39, 0.29) is 31.0 Å². The van der Waals surface area contributed by atoms with Gasteiger partial charge in [-0.15, -0.1) is 0 Å². The molecule has 0 radical (unpaired) electrons. The first-order chi connectivity index (χ1) is 11.5. The maximum absolute atomic E-state index is 12.4. The van der Waals surface area contributed by atoms with Crippen LogP contribution in [0.4, 0.5) is 0 Å². The fourth-order valence-electron chi connectivity index (χ4n) is 2.72. The number of ketones is 1. The number of benzene rings is 2. The van der Waals surface area contributed by atoms with Crippen LogP contribution in [0.1, 0.15) is 40.4 Å². The van der Waals surface area contributed by atoms with Crippen molar-refractivity contribution in [1.29, 1.82) is 0 Å². The molecular weight excluding hydrogens is 330 g/mol. The topological polar surface area (TPSA) is 87.0 Å². The van der Waals surface area contributed by atoms with Gasteiger partial charge in [-0.1, -0.05) is 23.7 Å². The summed E-state index contributed by atoms with van der Waals surface area (Å²) in [4.78, 5) is 12.4. The number of hydrogen-bond acceptors (Lipinski definition) is 5. The standard InChI is InChI=1S/C17H16BClO5/c19-15-7-11-9-24-18(23)14(11)8-13(15)17(22)6-5-16(21)10-1-3-12(20)4-2-10/h1-4,7-8,16,20-21,23H,5-6,9H2. The summed E-state index contributed by atoms with van der Waals surface area (Å²) in [6, 6.07) is 9.39. The molecule has 0 saturated heterocycles. The Morgan fingerprint density at radius 2 is 2.00 bits per heavy atom. The predicted octanol–water partition coefficient (Wildman–Crippen LogP) is 1.96. The maximum Gasteiger partial charge on any atom is 0.491 e. The molecule has 1 unspecified atom stereocenters. The Balaban J connectivity index is 1.69. The van der Waals surface area contributed by atoms with Crippen LogP contribution in [0.2, 0.25) is 5.02 Å². The lowest BCUT2D eigenvalue weighted by Gasteiger charge is -2.12. The number of phenolic OH excluding ortho intramolecular Hbond substituents is 1. The molecule has 7 heteroatoms. The molecule has 1 aliphatic heterocycles. The van der Waals surface area contributed by atoms with Crippen molar-refractivity contribution in [1.82, 2.24) is 0 Å². The van der Waals surface area contributed by atoms with Crippen molar-refractivity contribution < 1.29 is 24.7 Å². The van der Waals surface area contributed by atoms with Gasteiger partial charge >= 0.3 is 7.12 Å². The summed E-state index contributed by atoms with van der Waals surface area (Å²) in [6.45, 7) is 0.268.